The number of halogens is 1. The minimum Gasteiger partial charge on any atom is -0.258 e. The zero-order chi connectivity index (χ0) is 14.5. The average Bonchev–Trinajstić information content (AvgIpc) is 2.47. The predicted molar refractivity (Wildman–Crippen MR) is 83.6 cm³/mol. The molecule has 0 aromatic heterocycles. The van der Waals surface area contributed by atoms with Crippen molar-refractivity contribution < 1.29 is 4.92 Å². The standard InChI is InChI=1S/C15H14ClNO2S/c1-20-15-9-5-3-7-12(15)13(16)10-11-6-2-4-8-14(11)17(18)19/h2-9,13H,10H2,1H3. The fraction of sp³-hybridized carbons (Fsp3) is 0.200. The van der Waals surface area contributed by atoms with Crippen LogP contribution in [0.3, 0.4) is 0 Å². The first-order valence-corrected chi connectivity index (χ1v) is 7.79. The largest absolute Gasteiger partial charge is 0.272 e. The molecule has 0 N–H and O–H groups in total. The van der Waals surface area contributed by atoms with E-state index < -0.39 is 0 Å². The minimum absolute atomic E-state index is 0.125. The summed E-state index contributed by atoms with van der Waals surface area (Å²) in [4.78, 5) is 11.8. The number of para-hydroxylation sites is 1. The number of nitro benzene ring substituents is 1. The van der Waals surface area contributed by atoms with E-state index in [9.17, 15) is 10.1 Å². The summed E-state index contributed by atoms with van der Waals surface area (Å²) in [5, 5.41) is 10.7. The summed E-state index contributed by atoms with van der Waals surface area (Å²) in [5.41, 5.74) is 1.80. The first-order valence-electron chi connectivity index (χ1n) is 6.12. The minimum atomic E-state index is -0.362. The highest BCUT2D eigenvalue weighted by Crippen LogP contribution is 2.34. The Bertz CT molecular complexity index is 618. The van der Waals surface area contributed by atoms with Crippen LogP contribution in [-0.2, 0) is 6.42 Å². The van der Waals surface area contributed by atoms with Crippen LogP contribution in [0.5, 0.6) is 0 Å². The molecule has 0 fully saturated rings. The van der Waals surface area contributed by atoms with Crippen LogP contribution < -0.4 is 0 Å². The number of benzene rings is 2. The molecule has 104 valence electrons. The van der Waals surface area contributed by atoms with E-state index in [-0.39, 0.29) is 16.0 Å². The first-order chi connectivity index (χ1) is 9.63. The molecule has 0 heterocycles. The maximum absolute atomic E-state index is 11.0. The molecule has 0 aliphatic rings. The lowest BCUT2D eigenvalue weighted by Crippen LogP contribution is -2.01. The van der Waals surface area contributed by atoms with Gasteiger partial charge >= 0.3 is 0 Å². The second-order valence-corrected chi connectivity index (χ2v) is 5.67. The quantitative estimate of drug-likeness (QED) is 0.343. The van der Waals surface area contributed by atoms with Gasteiger partial charge in [0.2, 0.25) is 0 Å². The Hall–Kier alpha value is -1.52. The summed E-state index contributed by atoms with van der Waals surface area (Å²) < 4.78 is 0. The van der Waals surface area contributed by atoms with Gasteiger partial charge in [0.1, 0.15) is 0 Å². The van der Waals surface area contributed by atoms with Crippen molar-refractivity contribution in [3.05, 3.63) is 69.8 Å². The second-order valence-electron chi connectivity index (χ2n) is 4.30. The van der Waals surface area contributed by atoms with E-state index in [4.69, 9.17) is 11.6 Å². The monoisotopic (exact) mass is 307 g/mol. The van der Waals surface area contributed by atoms with Gasteiger partial charge in [0.25, 0.3) is 5.69 Å². The lowest BCUT2D eigenvalue weighted by atomic mass is 10.0. The molecular formula is C15H14ClNO2S. The van der Waals surface area contributed by atoms with E-state index in [1.54, 1.807) is 30.0 Å². The summed E-state index contributed by atoms with van der Waals surface area (Å²) in [7, 11) is 0. The smallest absolute Gasteiger partial charge is 0.258 e. The number of hydrogen-bond acceptors (Lipinski definition) is 3. The molecular weight excluding hydrogens is 294 g/mol. The lowest BCUT2D eigenvalue weighted by Gasteiger charge is -2.13. The van der Waals surface area contributed by atoms with Gasteiger partial charge in [-0.3, -0.25) is 10.1 Å². The van der Waals surface area contributed by atoms with Gasteiger partial charge < -0.3 is 0 Å². The third-order valence-corrected chi connectivity index (χ3v) is 4.26. The summed E-state index contributed by atoms with van der Waals surface area (Å²) >= 11 is 8.09. The van der Waals surface area contributed by atoms with Gasteiger partial charge in [0.15, 0.2) is 0 Å². The van der Waals surface area contributed by atoms with E-state index in [2.05, 4.69) is 0 Å². The molecule has 1 atom stereocenters. The van der Waals surface area contributed by atoms with Crippen molar-refractivity contribution in [3.8, 4) is 0 Å². The number of alkyl halides is 1. The van der Waals surface area contributed by atoms with Crippen LogP contribution in [-0.4, -0.2) is 11.2 Å². The molecule has 0 aliphatic carbocycles. The van der Waals surface area contributed by atoms with Crippen molar-refractivity contribution in [2.24, 2.45) is 0 Å². The van der Waals surface area contributed by atoms with E-state index in [1.165, 1.54) is 6.07 Å². The Morgan fingerprint density at radius 3 is 2.55 bits per heavy atom. The summed E-state index contributed by atoms with van der Waals surface area (Å²) in [5.74, 6) is 0. The molecule has 0 amide bonds. The van der Waals surface area contributed by atoms with Gasteiger partial charge in [0, 0.05) is 16.5 Å². The highest BCUT2D eigenvalue weighted by molar-refractivity contribution is 7.98. The van der Waals surface area contributed by atoms with Crippen LogP contribution in [0.2, 0.25) is 0 Å². The van der Waals surface area contributed by atoms with Gasteiger partial charge in [-0.15, -0.1) is 23.4 Å². The van der Waals surface area contributed by atoms with Crippen LogP contribution >= 0.6 is 23.4 Å². The fourth-order valence-electron chi connectivity index (χ4n) is 2.09. The number of nitro groups is 1. The molecule has 0 spiro atoms. The summed E-state index contributed by atoms with van der Waals surface area (Å²) in [6, 6.07) is 14.6. The molecule has 5 heteroatoms. The zero-order valence-corrected chi connectivity index (χ0v) is 12.5. The number of nitrogens with zero attached hydrogens (tertiary/aromatic N) is 1. The van der Waals surface area contributed by atoms with Gasteiger partial charge in [-0.2, -0.15) is 0 Å². The van der Waals surface area contributed by atoms with E-state index in [0.29, 0.717) is 12.0 Å². The van der Waals surface area contributed by atoms with E-state index >= 15 is 0 Å². The van der Waals surface area contributed by atoms with Gasteiger partial charge in [-0.1, -0.05) is 36.4 Å². The second kappa shape index (κ2) is 6.77. The van der Waals surface area contributed by atoms with Crippen molar-refractivity contribution in [1.29, 1.82) is 0 Å². The fourth-order valence-corrected chi connectivity index (χ4v) is 3.17. The van der Waals surface area contributed by atoms with Gasteiger partial charge in [0.05, 0.1) is 10.3 Å². The Morgan fingerprint density at radius 2 is 1.85 bits per heavy atom. The van der Waals surface area contributed by atoms with Crippen LogP contribution in [0.15, 0.2) is 53.4 Å². The van der Waals surface area contributed by atoms with Crippen LogP contribution in [0.1, 0.15) is 16.5 Å². The summed E-state index contributed by atoms with van der Waals surface area (Å²) in [6.45, 7) is 0. The normalized spacial score (nSPS) is 12.1. The van der Waals surface area contributed by atoms with Crippen LogP contribution in [0.4, 0.5) is 5.69 Å². The molecule has 2 rings (SSSR count). The molecule has 0 bridgehead atoms. The molecule has 1 unspecified atom stereocenters. The Kier molecular flexibility index (Phi) is 5.04. The number of thioether (sulfide) groups is 1. The van der Waals surface area contributed by atoms with Crippen molar-refractivity contribution in [1.82, 2.24) is 0 Å². The molecule has 20 heavy (non-hydrogen) atoms. The third-order valence-electron chi connectivity index (χ3n) is 3.06. The maximum atomic E-state index is 11.0. The van der Waals surface area contributed by atoms with Crippen molar-refractivity contribution in [2.45, 2.75) is 16.7 Å². The molecule has 0 saturated carbocycles. The Balaban J connectivity index is 2.28. The molecule has 0 radical (unpaired) electrons. The first kappa shape index (κ1) is 14.9. The van der Waals surface area contributed by atoms with E-state index in [1.807, 2.05) is 30.5 Å². The molecule has 2 aromatic carbocycles. The Morgan fingerprint density at radius 1 is 1.20 bits per heavy atom. The van der Waals surface area contributed by atoms with Crippen LogP contribution in [0.25, 0.3) is 0 Å². The number of rotatable bonds is 5. The molecule has 3 nitrogen and oxygen atoms in total. The van der Waals surface area contributed by atoms with Crippen molar-refractivity contribution >= 4 is 29.1 Å². The lowest BCUT2D eigenvalue weighted by molar-refractivity contribution is -0.385. The molecule has 0 saturated heterocycles. The van der Waals surface area contributed by atoms with Gasteiger partial charge in [-0.05, 0) is 24.3 Å². The molecule has 2 aromatic rings. The Labute approximate surface area is 127 Å². The highest BCUT2D eigenvalue weighted by Gasteiger charge is 2.18. The zero-order valence-electron chi connectivity index (χ0n) is 11.0. The SMILES string of the molecule is CSc1ccccc1C(Cl)Cc1ccccc1[N+](=O)[O-]. The molecule has 0 aliphatic heterocycles. The highest BCUT2D eigenvalue weighted by atomic mass is 35.5. The maximum Gasteiger partial charge on any atom is 0.272 e. The third kappa shape index (κ3) is 3.32. The summed E-state index contributed by atoms with van der Waals surface area (Å²) in [6.07, 6.45) is 2.43. The topological polar surface area (TPSA) is 43.1 Å². The predicted octanol–water partition coefficient (Wildman–Crippen LogP) is 4.84. The van der Waals surface area contributed by atoms with Gasteiger partial charge in [-0.25, -0.2) is 0 Å². The van der Waals surface area contributed by atoms with Crippen LogP contribution in [0, 0.1) is 10.1 Å². The van der Waals surface area contributed by atoms with E-state index in [0.717, 1.165) is 10.5 Å². The van der Waals surface area contributed by atoms with Crippen molar-refractivity contribution in [3.63, 3.8) is 0 Å². The number of hydrogen-bond donors (Lipinski definition) is 0. The van der Waals surface area contributed by atoms with Crippen molar-refractivity contribution in [2.75, 3.05) is 6.26 Å². The average molecular weight is 308 g/mol.